The zero-order valence-electron chi connectivity index (χ0n) is 6.47. The Morgan fingerprint density at radius 2 is 2.07 bits per heavy atom. The van der Waals surface area contributed by atoms with Crippen LogP contribution in [0.25, 0.3) is 0 Å². The van der Waals surface area contributed by atoms with Crippen molar-refractivity contribution in [1.29, 1.82) is 0 Å². The Kier molecular flexibility index (Phi) is 3.98. The van der Waals surface area contributed by atoms with Crippen LogP contribution in [0.5, 0.6) is 0 Å². The van der Waals surface area contributed by atoms with Crippen molar-refractivity contribution in [3.8, 4) is 0 Å². The van der Waals surface area contributed by atoms with Gasteiger partial charge >= 0.3 is 5.97 Å². The molecule has 1 aromatic heterocycles. The zero-order valence-corrected chi connectivity index (χ0v) is 10.8. The predicted octanol–water partition coefficient (Wildman–Crippen LogP) is 2.93. The third kappa shape index (κ3) is 2.49. The number of carboxylic acids is 1. The van der Waals surface area contributed by atoms with Crippen LogP contribution in [0, 0.1) is 7.40 Å². The lowest BCUT2D eigenvalue weighted by Crippen LogP contribution is -2.08. The SMILES string of the molecule is O=C(O)c1c(C(F)F)cc(I)nc1I. The first-order valence-electron chi connectivity index (χ1n) is 3.31. The second-order valence-corrected chi connectivity index (χ2v) is 4.43. The van der Waals surface area contributed by atoms with Crippen molar-refractivity contribution in [3.05, 3.63) is 24.6 Å². The summed E-state index contributed by atoms with van der Waals surface area (Å²) in [4.78, 5) is 14.5. The number of carboxylic acid groups (broad SMARTS) is 1. The fraction of sp³-hybridized carbons (Fsp3) is 0.143. The molecule has 0 aliphatic rings. The molecule has 1 rings (SSSR count). The van der Waals surface area contributed by atoms with Gasteiger partial charge < -0.3 is 5.11 Å². The van der Waals surface area contributed by atoms with Crippen molar-refractivity contribution >= 4 is 51.2 Å². The Balaban J connectivity index is 3.44. The van der Waals surface area contributed by atoms with Crippen LogP contribution >= 0.6 is 45.2 Å². The molecular formula is C7H3F2I2NO2. The summed E-state index contributed by atoms with van der Waals surface area (Å²) < 4.78 is 25.3. The molecule has 0 fully saturated rings. The zero-order chi connectivity index (χ0) is 10.9. The Bertz CT molecular complexity index is 384. The van der Waals surface area contributed by atoms with E-state index in [9.17, 15) is 13.6 Å². The Morgan fingerprint density at radius 3 is 2.50 bits per heavy atom. The predicted molar refractivity (Wildman–Crippen MR) is 61.6 cm³/mol. The number of alkyl halides is 2. The number of rotatable bonds is 2. The fourth-order valence-electron chi connectivity index (χ4n) is 0.885. The molecule has 14 heavy (non-hydrogen) atoms. The largest absolute Gasteiger partial charge is 0.478 e. The van der Waals surface area contributed by atoms with Crippen LogP contribution in [-0.2, 0) is 0 Å². The maximum Gasteiger partial charge on any atom is 0.338 e. The quantitative estimate of drug-likeness (QED) is 0.586. The monoisotopic (exact) mass is 425 g/mol. The number of aromatic nitrogens is 1. The van der Waals surface area contributed by atoms with E-state index in [4.69, 9.17) is 5.11 Å². The van der Waals surface area contributed by atoms with Crippen molar-refractivity contribution in [2.45, 2.75) is 6.43 Å². The van der Waals surface area contributed by atoms with Crippen LogP contribution < -0.4 is 0 Å². The smallest absolute Gasteiger partial charge is 0.338 e. The molecule has 0 aromatic carbocycles. The van der Waals surface area contributed by atoms with Crippen molar-refractivity contribution in [2.24, 2.45) is 0 Å². The maximum atomic E-state index is 12.5. The van der Waals surface area contributed by atoms with Crippen molar-refractivity contribution < 1.29 is 18.7 Å². The molecule has 0 saturated heterocycles. The van der Waals surface area contributed by atoms with Gasteiger partial charge in [-0.3, -0.25) is 0 Å². The third-order valence-corrected chi connectivity index (χ3v) is 2.76. The highest BCUT2D eigenvalue weighted by Crippen LogP contribution is 2.26. The summed E-state index contributed by atoms with van der Waals surface area (Å²) in [6.45, 7) is 0. The normalized spacial score (nSPS) is 10.6. The van der Waals surface area contributed by atoms with Crippen LogP contribution in [0.4, 0.5) is 8.78 Å². The van der Waals surface area contributed by atoms with Crippen LogP contribution in [0.1, 0.15) is 22.3 Å². The first-order chi connectivity index (χ1) is 6.43. The summed E-state index contributed by atoms with van der Waals surface area (Å²) in [5.41, 5.74) is -0.901. The Labute approximate surface area is 105 Å². The average molecular weight is 425 g/mol. The van der Waals surface area contributed by atoms with Gasteiger partial charge in [0.25, 0.3) is 6.43 Å². The van der Waals surface area contributed by atoms with E-state index in [0.717, 1.165) is 6.07 Å². The van der Waals surface area contributed by atoms with E-state index in [1.807, 2.05) is 0 Å². The third-order valence-electron chi connectivity index (χ3n) is 1.42. The summed E-state index contributed by atoms with van der Waals surface area (Å²) in [5, 5.41) is 8.71. The molecule has 1 N–H and O–H groups in total. The number of nitrogens with zero attached hydrogens (tertiary/aromatic N) is 1. The molecule has 0 aliphatic heterocycles. The minimum absolute atomic E-state index is 0.0808. The van der Waals surface area contributed by atoms with Gasteiger partial charge in [0.2, 0.25) is 0 Å². The van der Waals surface area contributed by atoms with E-state index in [1.54, 1.807) is 45.2 Å². The van der Waals surface area contributed by atoms with Gasteiger partial charge in [0.05, 0.1) is 0 Å². The molecule has 76 valence electrons. The minimum Gasteiger partial charge on any atom is -0.478 e. The molecule has 0 saturated carbocycles. The molecule has 0 aliphatic carbocycles. The number of carbonyl (C=O) groups is 1. The maximum absolute atomic E-state index is 12.5. The molecule has 7 heteroatoms. The first-order valence-corrected chi connectivity index (χ1v) is 5.46. The first kappa shape index (κ1) is 12.0. The molecule has 0 unspecified atom stereocenters. The van der Waals surface area contributed by atoms with E-state index < -0.39 is 23.5 Å². The van der Waals surface area contributed by atoms with Crippen molar-refractivity contribution in [2.75, 3.05) is 0 Å². The van der Waals surface area contributed by atoms with E-state index in [0.29, 0.717) is 3.70 Å². The standard InChI is InChI=1S/C7H3F2I2NO2/c8-5(9)2-1-3(10)12-6(11)4(2)7(13)14/h1,5H,(H,13,14). The number of hydrogen-bond donors (Lipinski definition) is 1. The number of aromatic carboxylic acids is 1. The molecule has 0 bridgehead atoms. The highest BCUT2D eigenvalue weighted by atomic mass is 127. The van der Waals surface area contributed by atoms with E-state index in [1.165, 1.54) is 0 Å². The van der Waals surface area contributed by atoms with Gasteiger partial charge in [-0.05, 0) is 51.2 Å². The van der Waals surface area contributed by atoms with E-state index in [2.05, 4.69) is 4.98 Å². The topological polar surface area (TPSA) is 50.2 Å². The molecule has 1 aromatic rings. The van der Waals surface area contributed by atoms with Gasteiger partial charge in [0, 0.05) is 5.56 Å². The average Bonchev–Trinajstić information content (AvgIpc) is 2.01. The molecule has 0 spiro atoms. The lowest BCUT2D eigenvalue weighted by Gasteiger charge is -2.06. The molecular weight excluding hydrogens is 422 g/mol. The van der Waals surface area contributed by atoms with E-state index in [-0.39, 0.29) is 3.70 Å². The summed E-state index contributed by atoms with van der Waals surface area (Å²) in [5.74, 6) is -1.38. The van der Waals surface area contributed by atoms with Crippen LogP contribution in [-0.4, -0.2) is 16.1 Å². The second-order valence-electron chi connectivity index (χ2n) is 2.31. The van der Waals surface area contributed by atoms with Gasteiger partial charge in [-0.15, -0.1) is 0 Å². The van der Waals surface area contributed by atoms with Crippen LogP contribution in [0.15, 0.2) is 6.07 Å². The summed E-state index contributed by atoms with van der Waals surface area (Å²) >= 11 is 3.39. The van der Waals surface area contributed by atoms with E-state index >= 15 is 0 Å². The number of pyridine rings is 1. The fourth-order valence-corrected chi connectivity index (χ4v) is 2.73. The molecule has 3 nitrogen and oxygen atoms in total. The molecule has 0 atom stereocenters. The molecule has 0 amide bonds. The Hall–Kier alpha value is -0.0600. The van der Waals surface area contributed by atoms with Gasteiger partial charge in [-0.2, -0.15) is 0 Å². The van der Waals surface area contributed by atoms with Crippen LogP contribution in [0.2, 0.25) is 0 Å². The van der Waals surface area contributed by atoms with Gasteiger partial charge in [-0.25, -0.2) is 18.6 Å². The highest BCUT2D eigenvalue weighted by molar-refractivity contribution is 14.1. The summed E-state index contributed by atoms with van der Waals surface area (Å²) in [6.07, 6.45) is -2.80. The van der Waals surface area contributed by atoms with Gasteiger partial charge in [0.15, 0.2) is 0 Å². The Morgan fingerprint density at radius 1 is 1.50 bits per heavy atom. The second kappa shape index (κ2) is 4.64. The lowest BCUT2D eigenvalue weighted by atomic mass is 10.1. The van der Waals surface area contributed by atoms with Crippen molar-refractivity contribution in [1.82, 2.24) is 4.98 Å². The lowest BCUT2D eigenvalue weighted by molar-refractivity contribution is 0.0682. The molecule has 0 radical (unpaired) electrons. The van der Waals surface area contributed by atoms with Gasteiger partial charge in [-0.1, -0.05) is 0 Å². The summed E-state index contributed by atoms with van der Waals surface area (Å²) in [7, 11) is 0. The highest BCUT2D eigenvalue weighted by Gasteiger charge is 2.22. The van der Waals surface area contributed by atoms with Gasteiger partial charge in [0.1, 0.15) is 13.0 Å². The number of halogens is 4. The van der Waals surface area contributed by atoms with Crippen molar-refractivity contribution in [3.63, 3.8) is 0 Å². The minimum atomic E-state index is -2.80. The van der Waals surface area contributed by atoms with Crippen LogP contribution in [0.3, 0.4) is 0 Å². The number of hydrogen-bond acceptors (Lipinski definition) is 2. The molecule has 1 heterocycles. The summed E-state index contributed by atoms with van der Waals surface area (Å²) in [6, 6.07) is 1.08.